The molecule has 5 nitrogen and oxygen atoms in total. The average molecular weight is 285 g/mol. The van der Waals surface area contributed by atoms with Crippen LogP contribution in [0.5, 0.6) is 5.75 Å². The SMILES string of the molecule is COc1ccc(NC(=O)c2cn3cc(F)ccc3n2)cc1. The molecule has 0 unspecified atom stereocenters. The van der Waals surface area contributed by atoms with Crippen LogP contribution in [0.15, 0.2) is 48.8 Å². The van der Waals surface area contributed by atoms with Crippen LogP contribution in [0.4, 0.5) is 10.1 Å². The summed E-state index contributed by atoms with van der Waals surface area (Å²) in [6, 6.07) is 9.76. The molecule has 1 aromatic carbocycles. The van der Waals surface area contributed by atoms with Crippen molar-refractivity contribution in [2.24, 2.45) is 0 Å². The molecule has 3 rings (SSSR count). The number of fused-ring (bicyclic) bond motifs is 1. The number of anilines is 1. The lowest BCUT2D eigenvalue weighted by Gasteiger charge is -2.04. The molecule has 2 aromatic heterocycles. The molecule has 0 atom stereocenters. The number of hydrogen-bond donors (Lipinski definition) is 1. The van der Waals surface area contributed by atoms with Gasteiger partial charge in [-0.25, -0.2) is 9.37 Å². The first kappa shape index (κ1) is 13.1. The number of pyridine rings is 1. The van der Waals surface area contributed by atoms with Crippen molar-refractivity contribution in [3.05, 3.63) is 60.3 Å². The number of benzene rings is 1. The van der Waals surface area contributed by atoms with Gasteiger partial charge in [-0.15, -0.1) is 0 Å². The highest BCUT2D eigenvalue weighted by atomic mass is 19.1. The number of imidazole rings is 1. The number of nitrogens with zero attached hydrogens (tertiary/aromatic N) is 2. The molecule has 1 N–H and O–H groups in total. The maximum absolute atomic E-state index is 13.1. The topological polar surface area (TPSA) is 55.6 Å². The van der Waals surface area contributed by atoms with Gasteiger partial charge in [-0.3, -0.25) is 4.79 Å². The van der Waals surface area contributed by atoms with Gasteiger partial charge in [0.1, 0.15) is 22.9 Å². The van der Waals surface area contributed by atoms with Crippen LogP contribution in [-0.4, -0.2) is 22.4 Å². The molecule has 21 heavy (non-hydrogen) atoms. The second-order valence-corrected chi connectivity index (χ2v) is 4.42. The summed E-state index contributed by atoms with van der Waals surface area (Å²) in [4.78, 5) is 16.3. The van der Waals surface area contributed by atoms with Gasteiger partial charge in [0.2, 0.25) is 0 Å². The Labute approximate surface area is 120 Å². The average Bonchev–Trinajstić information content (AvgIpc) is 2.91. The Hall–Kier alpha value is -2.89. The number of methoxy groups -OCH3 is 1. The van der Waals surface area contributed by atoms with Crippen LogP contribution in [0.1, 0.15) is 10.5 Å². The molecule has 0 aliphatic carbocycles. The molecular weight excluding hydrogens is 273 g/mol. The first-order valence-corrected chi connectivity index (χ1v) is 6.25. The Morgan fingerprint density at radius 2 is 1.95 bits per heavy atom. The lowest BCUT2D eigenvalue weighted by molar-refractivity contribution is 0.102. The fourth-order valence-corrected chi connectivity index (χ4v) is 1.94. The van der Waals surface area contributed by atoms with E-state index in [0.29, 0.717) is 17.1 Å². The fraction of sp³-hybridized carbons (Fsp3) is 0.0667. The minimum absolute atomic E-state index is 0.219. The van der Waals surface area contributed by atoms with Crippen molar-refractivity contribution in [1.82, 2.24) is 9.38 Å². The first-order chi connectivity index (χ1) is 10.2. The van der Waals surface area contributed by atoms with Gasteiger partial charge in [0.25, 0.3) is 5.91 Å². The highest BCUT2D eigenvalue weighted by Crippen LogP contribution is 2.16. The molecule has 0 fully saturated rings. The van der Waals surface area contributed by atoms with Gasteiger partial charge < -0.3 is 14.5 Å². The minimum Gasteiger partial charge on any atom is -0.497 e. The number of halogens is 1. The second kappa shape index (κ2) is 5.24. The van der Waals surface area contributed by atoms with Crippen LogP contribution in [0.3, 0.4) is 0 Å². The summed E-state index contributed by atoms with van der Waals surface area (Å²) in [5.41, 5.74) is 1.36. The van der Waals surface area contributed by atoms with E-state index in [1.54, 1.807) is 31.4 Å². The third-order valence-electron chi connectivity index (χ3n) is 3.00. The Balaban J connectivity index is 1.82. The molecule has 0 saturated heterocycles. The smallest absolute Gasteiger partial charge is 0.275 e. The molecule has 0 saturated carbocycles. The Morgan fingerprint density at radius 3 is 2.67 bits per heavy atom. The van der Waals surface area contributed by atoms with E-state index in [0.717, 1.165) is 0 Å². The monoisotopic (exact) mass is 285 g/mol. The summed E-state index contributed by atoms with van der Waals surface area (Å²) in [7, 11) is 1.57. The van der Waals surface area contributed by atoms with Gasteiger partial charge in [0, 0.05) is 18.1 Å². The molecule has 106 valence electrons. The number of rotatable bonds is 3. The van der Waals surface area contributed by atoms with Gasteiger partial charge in [-0.1, -0.05) is 0 Å². The zero-order chi connectivity index (χ0) is 14.8. The zero-order valence-corrected chi connectivity index (χ0v) is 11.2. The Morgan fingerprint density at radius 1 is 1.19 bits per heavy atom. The van der Waals surface area contributed by atoms with E-state index < -0.39 is 0 Å². The number of carbonyl (C=O) groups is 1. The third kappa shape index (κ3) is 2.69. The molecule has 0 aliphatic heterocycles. The van der Waals surface area contributed by atoms with Crippen LogP contribution < -0.4 is 10.1 Å². The molecule has 0 radical (unpaired) electrons. The quantitative estimate of drug-likeness (QED) is 0.805. The Kier molecular flexibility index (Phi) is 3.27. The van der Waals surface area contributed by atoms with Crippen molar-refractivity contribution in [2.45, 2.75) is 0 Å². The van der Waals surface area contributed by atoms with E-state index in [2.05, 4.69) is 10.3 Å². The lowest BCUT2D eigenvalue weighted by atomic mass is 10.3. The zero-order valence-electron chi connectivity index (χ0n) is 11.2. The molecule has 1 amide bonds. The van der Waals surface area contributed by atoms with Crippen LogP contribution in [0.2, 0.25) is 0 Å². The van der Waals surface area contributed by atoms with Crippen LogP contribution in [-0.2, 0) is 0 Å². The third-order valence-corrected chi connectivity index (χ3v) is 3.00. The summed E-state index contributed by atoms with van der Waals surface area (Å²) in [6.45, 7) is 0. The van der Waals surface area contributed by atoms with Crippen molar-refractivity contribution in [3.8, 4) is 5.75 Å². The first-order valence-electron chi connectivity index (χ1n) is 6.25. The van der Waals surface area contributed by atoms with E-state index in [4.69, 9.17) is 4.74 Å². The lowest BCUT2D eigenvalue weighted by Crippen LogP contribution is -2.12. The molecule has 0 spiro atoms. The van der Waals surface area contributed by atoms with Gasteiger partial charge >= 0.3 is 0 Å². The number of carbonyl (C=O) groups excluding carboxylic acids is 1. The Bertz CT molecular complexity index is 796. The molecule has 6 heteroatoms. The number of aromatic nitrogens is 2. The molecule has 2 heterocycles. The normalized spacial score (nSPS) is 10.6. The highest BCUT2D eigenvalue weighted by Gasteiger charge is 2.11. The number of amides is 1. The van der Waals surface area contributed by atoms with E-state index in [1.165, 1.54) is 28.9 Å². The van der Waals surface area contributed by atoms with Gasteiger partial charge in [0.05, 0.1) is 7.11 Å². The van der Waals surface area contributed by atoms with Crippen molar-refractivity contribution >= 4 is 17.2 Å². The molecule has 3 aromatic rings. The van der Waals surface area contributed by atoms with Gasteiger partial charge in [-0.05, 0) is 36.4 Å². The number of nitrogens with one attached hydrogen (secondary N) is 1. The maximum atomic E-state index is 13.1. The molecular formula is C15H12FN3O2. The van der Waals surface area contributed by atoms with Crippen molar-refractivity contribution in [3.63, 3.8) is 0 Å². The van der Waals surface area contributed by atoms with Crippen LogP contribution in [0, 0.1) is 5.82 Å². The summed E-state index contributed by atoms with van der Waals surface area (Å²) in [5, 5.41) is 2.72. The summed E-state index contributed by atoms with van der Waals surface area (Å²) in [5.74, 6) is -0.0394. The highest BCUT2D eigenvalue weighted by molar-refractivity contribution is 6.03. The van der Waals surface area contributed by atoms with Crippen LogP contribution in [0.25, 0.3) is 5.65 Å². The van der Waals surface area contributed by atoms with E-state index in [9.17, 15) is 9.18 Å². The van der Waals surface area contributed by atoms with Gasteiger partial charge in [-0.2, -0.15) is 0 Å². The van der Waals surface area contributed by atoms with Crippen molar-refractivity contribution in [2.75, 3.05) is 12.4 Å². The maximum Gasteiger partial charge on any atom is 0.275 e. The van der Waals surface area contributed by atoms with Gasteiger partial charge in [0.15, 0.2) is 0 Å². The minimum atomic E-state index is -0.387. The largest absolute Gasteiger partial charge is 0.497 e. The van der Waals surface area contributed by atoms with Crippen molar-refractivity contribution < 1.29 is 13.9 Å². The van der Waals surface area contributed by atoms with Crippen LogP contribution >= 0.6 is 0 Å². The fourth-order valence-electron chi connectivity index (χ4n) is 1.94. The van der Waals surface area contributed by atoms with E-state index >= 15 is 0 Å². The van der Waals surface area contributed by atoms with Crippen molar-refractivity contribution in [1.29, 1.82) is 0 Å². The van der Waals surface area contributed by atoms with E-state index in [1.807, 2.05) is 0 Å². The standard InChI is InChI=1S/C15H12FN3O2/c1-21-12-5-3-11(4-6-12)17-15(20)13-9-19-8-10(16)2-7-14(19)18-13/h2-9H,1H3,(H,17,20). The summed E-state index contributed by atoms with van der Waals surface area (Å²) < 4.78 is 19.6. The van der Waals surface area contributed by atoms with E-state index in [-0.39, 0.29) is 17.4 Å². The predicted octanol–water partition coefficient (Wildman–Crippen LogP) is 2.73. The summed E-state index contributed by atoms with van der Waals surface area (Å²) in [6.07, 6.45) is 2.75. The molecule has 0 bridgehead atoms. The summed E-state index contributed by atoms with van der Waals surface area (Å²) >= 11 is 0. The number of hydrogen-bond acceptors (Lipinski definition) is 3. The molecule has 0 aliphatic rings. The predicted molar refractivity (Wildman–Crippen MR) is 76.1 cm³/mol. The second-order valence-electron chi connectivity index (χ2n) is 4.42. The number of ether oxygens (including phenoxy) is 1.